The summed E-state index contributed by atoms with van der Waals surface area (Å²) in [5.41, 5.74) is 0. The van der Waals surface area contributed by atoms with Crippen molar-refractivity contribution in [3.8, 4) is 5.75 Å². The molecule has 68 valence electrons. The van der Waals surface area contributed by atoms with Crippen LogP contribution in [0.3, 0.4) is 0 Å². The van der Waals surface area contributed by atoms with Crippen LogP contribution in [-0.4, -0.2) is 11.4 Å². The molecule has 13 heavy (non-hydrogen) atoms. The molecule has 2 aromatic rings. The van der Waals surface area contributed by atoms with Crippen molar-refractivity contribution in [1.29, 1.82) is 0 Å². The van der Waals surface area contributed by atoms with E-state index in [0.29, 0.717) is 10.8 Å². The fourth-order valence-electron chi connectivity index (χ4n) is 1.22. The van der Waals surface area contributed by atoms with Gasteiger partial charge in [0, 0.05) is 15.7 Å². The lowest BCUT2D eigenvalue weighted by Crippen LogP contribution is -1.71. The van der Waals surface area contributed by atoms with Gasteiger partial charge in [0.15, 0.2) is 0 Å². The van der Waals surface area contributed by atoms with Gasteiger partial charge in [-0.2, -0.15) is 0 Å². The van der Waals surface area contributed by atoms with Gasteiger partial charge in [-0.05, 0) is 18.4 Å². The number of phenolic OH excluding ortho intramolecular Hbond substituents is 1. The van der Waals surface area contributed by atoms with Gasteiger partial charge in [-0.15, -0.1) is 23.1 Å². The molecule has 4 heteroatoms. The molecule has 0 aliphatic carbocycles. The smallest absolute Gasteiger partial charge is 0.133 e. The molecule has 0 saturated heterocycles. The summed E-state index contributed by atoms with van der Waals surface area (Å²) in [5.74, 6) is 0.310. The third-order valence-corrected chi connectivity index (χ3v) is 4.06. The molecule has 1 nitrogen and oxygen atoms in total. The first kappa shape index (κ1) is 9.19. The van der Waals surface area contributed by atoms with Crippen LogP contribution in [0.5, 0.6) is 5.75 Å². The Morgan fingerprint density at radius 2 is 2.23 bits per heavy atom. The molecule has 0 fully saturated rings. The molecule has 1 aromatic carbocycles. The SMILES string of the molecule is CSc1csc2c(O)ccc(Cl)c12. The molecule has 1 heterocycles. The first-order valence-electron chi connectivity index (χ1n) is 3.66. The van der Waals surface area contributed by atoms with Gasteiger partial charge in [-0.25, -0.2) is 0 Å². The molecule has 0 spiro atoms. The molecule has 0 aliphatic heterocycles. The van der Waals surface area contributed by atoms with Crippen molar-refractivity contribution in [2.45, 2.75) is 4.90 Å². The van der Waals surface area contributed by atoms with Gasteiger partial charge >= 0.3 is 0 Å². The van der Waals surface area contributed by atoms with Crippen LogP contribution in [0.15, 0.2) is 22.4 Å². The number of benzene rings is 1. The predicted molar refractivity (Wildman–Crippen MR) is 60.3 cm³/mol. The Morgan fingerprint density at radius 3 is 2.92 bits per heavy atom. The van der Waals surface area contributed by atoms with Crippen LogP contribution in [0.2, 0.25) is 5.02 Å². The summed E-state index contributed by atoms with van der Waals surface area (Å²) >= 11 is 9.20. The maximum absolute atomic E-state index is 9.55. The van der Waals surface area contributed by atoms with Gasteiger partial charge in [0.1, 0.15) is 5.75 Å². The fraction of sp³-hybridized carbons (Fsp3) is 0.111. The highest BCUT2D eigenvalue weighted by atomic mass is 35.5. The van der Waals surface area contributed by atoms with Crippen molar-refractivity contribution in [3.63, 3.8) is 0 Å². The van der Waals surface area contributed by atoms with Crippen molar-refractivity contribution < 1.29 is 5.11 Å². The third kappa shape index (κ3) is 1.41. The van der Waals surface area contributed by atoms with E-state index in [4.69, 9.17) is 11.6 Å². The summed E-state index contributed by atoms with van der Waals surface area (Å²) in [7, 11) is 0. The molecule has 1 N–H and O–H groups in total. The Hall–Kier alpha value is -0.380. The molecule has 0 aliphatic rings. The first-order valence-corrected chi connectivity index (χ1v) is 6.15. The molecule has 0 amide bonds. The average molecular weight is 231 g/mol. The van der Waals surface area contributed by atoms with Gasteiger partial charge in [-0.1, -0.05) is 11.6 Å². The van der Waals surface area contributed by atoms with Gasteiger partial charge in [0.05, 0.1) is 9.72 Å². The summed E-state index contributed by atoms with van der Waals surface area (Å²) in [6, 6.07) is 3.36. The highest BCUT2D eigenvalue weighted by Gasteiger charge is 2.10. The number of thiophene rings is 1. The molecule has 0 saturated carbocycles. The second-order valence-electron chi connectivity index (χ2n) is 2.57. The van der Waals surface area contributed by atoms with Crippen LogP contribution in [-0.2, 0) is 0 Å². The van der Waals surface area contributed by atoms with E-state index < -0.39 is 0 Å². The Balaban J connectivity index is 2.87. The number of halogens is 1. The van der Waals surface area contributed by atoms with Crippen LogP contribution in [0, 0.1) is 0 Å². The normalized spacial score (nSPS) is 10.9. The molecular formula is C9H7ClOS2. The van der Waals surface area contributed by atoms with Crippen molar-refractivity contribution >= 4 is 44.8 Å². The lowest BCUT2D eigenvalue weighted by molar-refractivity contribution is 0.482. The van der Waals surface area contributed by atoms with Gasteiger partial charge in [-0.3, -0.25) is 0 Å². The van der Waals surface area contributed by atoms with Crippen LogP contribution < -0.4 is 0 Å². The minimum atomic E-state index is 0.310. The molecule has 1 aromatic heterocycles. The molecule has 0 radical (unpaired) electrons. The van der Waals surface area contributed by atoms with E-state index in [1.165, 1.54) is 11.3 Å². The van der Waals surface area contributed by atoms with Crippen molar-refractivity contribution in [3.05, 3.63) is 22.5 Å². The van der Waals surface area contributed by atoms with Gasteiger partial charge in [0.2, 0.25) is 0 Å². The van der Waals surface area contributed by atoms with Crippen molar-refractivity contribution in [1.82, 2.24) is 0 Å². The second-order valence-corrected chi connectivity index (χ2v) is 4.71. The van der Waals surface area contributed by atoms with Crippen LogP contribution >= 0.6 is 34.7 Å². The number of hydrogen-bond donors (Lipinski definition) is 1. The average Bonchev–Trinajstić information content (AvgIpc) is 2.56. The molecule has 0 unspecified atom stereocenters. The second kappa shape index (κ2) is 3.40. The number of phenols is 1. The molecule has 0 bridgehead atoms. The number of aromatic hydroxyl groups is 1. The van der Waals surface area contributed by atoms with Crippen molar-refractivity contribution in [2.75, 3.05) is 6.26 Å². The van der Waals surface area contributed by atoms with E-state index in [2.05, 4.69) is 0 Å². The summed E-state index contributed by atoms with van der Waals surface area (Å²) in [6.07, 6.45) is 2.00. The van der Waals surface area contributed by atoms with Gasteiger partial charge < -0.3 is 5.11 Å². The predicted octanol–water partition coefficient (Wildman–Crippen LogP) is 3.98. The monoisotopic (exact) mass is 230 g/mol. The van der Waals surface area contributed by atoms with Crippen LogP contribution in [0.1, 0.15) is 0 Å². The molecule has 0 atom stereocenters. The van der Waals surface area contributed by atoms with Crippen LogP contribution in [0.25, 0.3) is 10.1 Å². The maximum atomic E-state index is 9.55. The summed E-state index contributed by atoms with van der Waals surface area (Å²) in [4.78, 5) is 1.13. The van der Waals surface area contributed by atoms with Gasteiger partial charge in [0.25, 0.3) is 0 Å². The number of thioether (sulfide) groups is 1. The molecule has 2 rings (SSSR count). The fourth-order valence-corrected chi connectivity index (χ4v) is 3.47. The minimum Gasteiger partial charge on any atom is -0.506 e. The topological polar surface area (TPSA) is 20.2 Å². The minimum absolute atomic E-state index is 0.310. The third-order valence-electron chi connectivity index (χ3n) is 1.84. The van der Waals surface area contributed by atoms with E-state index in [0.717, 1.165) is 15.0 Å². The summed E-state index contributed by atoms with van der Waals surface area (Å²) in [5, 5.41) is 13.2. The van der Waals surface area contributed by atoms with E-state index in [1.807, 2.05) is 11.6 Å². The number of hydrogen-bond acceptors (Lipinski definition) is 3. The highest BCUT2D eigenvalue weighted by molar-refractivity contribution is 7.99. The first-order chi connectivity index (χ1) is 6.24. The highest BCUT2D eigenvalue weighted by Crippen LogP contribution is 2.41. The quantitative estimate of drug-likeness (QED) is 0.748. The largest absolute Gasteiger partial charge is 0.506 e. The lowest BCUT2D eigenvalue weighted by atomic mass is 10.2. The van der Waals surface area contributed by atoms with Crippen LogP contribution in [0.4, 0.5) is 0 Å². The summed E-state index contributed by atoms with van der Waals surface area (Å²) in [6.45, 7) is 0. The van der Waals surface area contributed by atoms with E-state index >= 15 is 0 Å². The maximum Gasteiger partial charge on any atom is 0.133 e. The van der Waals surface area contributed by atoms with E-state index in [1.54, 1.807) is 23.9 Å². The Kier molecular flexibility index (Phi) is 2.41. The van der Waals surface area contributed by atoms with E-state index in [9.17, 15) is 5.11 Å². The lowest BCUT2D eigenvalue weighted by Gasteiger charge is -1.98. The summed E-state index contributed by atoms with van der Waals surface area (Å²) < 4.78 is 0.872. The zero-order chi connectivity index (χ0) is 9.42. The molecular weight excluding hydrogens is 224 g/mol. The van der Waals surface area contributed by atoms with Crippen molar-refractivity contribution in [2.24, 2.45) is 0 Å². The Labute approximate surface area is 89.3 Å². The Bertz CT molecular complexity index is 450. The number of rotatable bonds is 1. The zero-order valence-corrected chi connectivity index (χ0v) is 9.26. The number of fused-ring (bicyclic) bond motifs is 1. The van der Waals surface area contributed by atoms with E-state index in [-0.39, 0.29) is 0 Å². The standard InChI is InChI=1S/C9H7ClOS2/c1-12-7-4-13-9-6(11)3-2-5(10)8(7)9/h2-4,11H,1H3. The zero-order valence-electron chi connectivity index (χ0n) is 6.87. The Morgan fingerprint density at radius 1 is 1.46 bits per heavy atom.